The van der Waals surface area contributed by atoms with Crippen LogP contribution in [0.25, 0.3) is 0 Å². The minimum Gasteiger partial charge on any atom is -0.313 e. The van der Waals surface area contributed by atoms with Crippen molar-refractivity contribution in [3.8, 4) is 0 Å². The SMILES string of the molecule is CC(C)(C)c1ccc(CC2(F)CCNC2)cc1. The van der Waals surface area contributed by atoms with Crippen molar-refractivity contribution in [1.29, 1.82) is 0 Å². The molecule has 1 fully saturated rings. The van der Waals surface area contributed by atoms with Crippen molar-refractivity contribution in [1.82, 2.24) is 5.32 Å². The molecule has 1 aliphatic heterocycles. The van der Waals surface area contributed by atoms with Gasteiger partial charge in [0.2, 0.25) is 0 Å². The summed E-state index contributed by atoms with van der Waals surface area (Å²) in [5, 5.41) is 3.09. The Hall–Kier alpha value is -0.890. The fraction of sp³-hybridized carbons (Fsp3) is 0.600. The quantitative estimate of drug-likeness (QED) is 0.830. The molecule has 1 aromatic rings. The molecule has 2 heteroatoms. The Balaban J connectivity index is 2.08. The highest BCUT2D eigenvalue weighted by atomic mass is 19.1. The van der Waals surface area contributed by atoms with E-state index in [1.807, 2.05) is 0 Å². The van der Waals surface area contributed by atoms with Crippen molar-refractivity contribution in [2.75, 3.05) is 13.1 Å². The minimum absolute atomic E-state index is 0.168. The molecule has 94 valence electrons. The number of hydrogen-bond donors (Lipinski definition) is 1. The highest BCUT2D eigenvalue weighted by Crippen LogP contribution is 2.27. The van der Waals surface area contributed by atoms with Gasteiger partial charge in [0, 0.05) is 13.0 Å². The molecule has 2 rings (SSSR count). The molecule has 1 atom stereocenters. The smallest absolute Gasteiger partial charge is 0.128 e. The third-order valence-electron chi connectivity index (χ3n) is 3.53. The van der Waals surface area contributed by atoms with Gasteiger partial charge in [0.25, 0.3) is 0 Å². The van der Waals surface area contributed by atoms with Crippen LogP contribution in [0.2, 0.25) is 0 Å². The summed E-state index contributed by atoms with van der Waals surface area (Å²) in [6.45, 7) is 7.88. The van der Waals surface area contributed by atoms with Gasteiger partial charge in [0.1, 0.15) is 5.67 Å². The van der Waals surface area contributed by atoms with E-state index in [0.717, 1.165) is 12.1 Å². The van der Waals surface area contributed by atoms with Gasteiger partial charge in [-0.25, -0.2) is 4.39 Å². The zero-order valence-corrected chi connectivity index (χ0v) is 11.0. The van der Waals surface area contributed by atoms with E-state index in [-0.39, 0.29) is 5.41 Å². The predicted octanol–water partition coefficient (Wildman–Crippen LogP) is 3.23. The average molecular weight is 235 g/mol. The van der Waals surface area contributed by atoms with Crippen molar-refractivity contribution in [2.24, 2.45) is 0 Å². The van der Waals surface area contributed by atoms with Gasteiger partial charge in [0.05, 0.1) is 0 Å². The van der Waals surface area contributed by atoms with Gasteiger partial charge in [-0.15, -0.1) is 0 Å². The lowest BCUT2D eigenvalue weighted by Gasteiger charge is -2.21. The molecule has 1 aliphatic rings. The number of rotatable bonds is 2. The minimum atomic E-state index is -1.04. The van der Waals surface area contributed by atoms with Crippen LogP contribution < -0.4 is 5.32 Å². The van der Waals surface area contributed by atoms with Gasteiger partial charge in [-0.3, -0.25) is 0 Å². The summed E-state index contributed by atoms with van der Waals surface area (Å²) < 4.78 is 14.3. The van der Waals surface area contributed by atoms with Crippen LogP contribution in [-0.4, -0.2) is 18.8 Å². The third-order valence-corrected chi connectivity index (χ3v) is 3.53. The van der Waals surface area contributed by atoms with Crippen LogP contribution in [0.1, 0.15) is 38.3 Å². The van der Waals surface area contributed by atoms with Gasteiger partial charge in [0.15, 0.2) is 0 Å². The molecule has 0 bridgehead atoms. The largest absolute Gasteiger partial charge is 0.313 e. The fourth-order valence-electron chi connectivity index (χ4n) is 2.35. The first kappa shape index (κ1) is 12.6. The average Bonchev–Trinajstić information content (AvgIpc) is 2.64. The molecule has 1 nitrogen and oxygen atoms in total. The number of nitrogens with one attached hydrogen (secondary N) is 1. The molecular weight excluding hydrogens is 213 g/mol. The molecule has 1 aromatic carbocycles. The van der Waals surface area contributed by atoms with Crippen molar-refractivity contribution in [3.63, 3.8) is 0 Å². The number of hydrogen-bond acceptors (Lipinski definition) is 1. The Morgan fingerprint density at radius 1 is 1.24 bits per heavy atom. The second-order valence-corrected chi connectivity index (χ2v) is 6.20. The van der Waals surface area contributed by atoms with Gasteiger partial charge in [-0.2, -0.15) is 0 Å². The van der Waals surface area contributed by atoms with Crippen LogP contribution in [0.4, 0.5) is 4.39 Å². The first-order valence-corrected chi connectivity index (χ1v) is 6.38. The highest BCUT2D eigenvalue weighted by molar-refractivity contribution is 5.28. The number of alkyl halides is 1. The molecule has 0 spiro atoms. The molecule has 0 radical (unpaired) electrons. The summed E-state index contributed by atoms with van der Waals surface area (Å²) in [4.78, 5) is 0. The molecule has 1 unspecified atom stereocenters. The zero-order chi connectivity index (χ0) is 12.5. The van der Waals surface area contributed by atoms with Gasteiger partial charge >= 0.3 is 0 Å². The standard InChI is InChI=1S/C15H22FN/c1-14(2,3)13-6-4-12(5-7-13)10-15(16)8-9-17-11-15/h4-7,17H,8-11H2,1-3H3. The summed E-state index contributed by atoms with van der Waals surface area (Å²) in [5.41, 5.74) is 1.53. The van der Waals surface area contributed by atoms with Crippen LogP contribution in [0, 0.1) is 0 Å². The Labute approximate surface area is 103 Å². The Bertz CT molecular complexity index is 369. The van der Waals surface area contributed by atoms with E-state index < -0.39 is 5.67 Å². The van der Waals surface area contributed by atoms with Gasteiger partial charge in [-0.1, -0.05) is 45.0 Å². The summed E-state index contributed by atoms with van der Waals surface area (Å²) in [7, 11) is 0. The molecule has 0 saturated carbocycles. The van der Waals surface area contributed by atoms with E-state index in [1.165, 1.54) is 5.56 Å². The summed E-state index contributed by atoms with van der Waals surface area (Å²) in [6, 6.07) is 8.39. The first-order chi connectivity index (χ1) is 7.89. The van der Waals surface area contributed by atoms with Crippen LogP contribution in [0.15, 0.2) is 24.3 Å². The molecule has 0 amide bonds. The molecule has 1 saturated heterocycles. The Morgan fingerprint density at radius 2 is 1.88 bits per heavy atom. The predicted molar refractivity (Wildman–Crippen MR) is 70.2 cm³/mol. The van der Waals surface area contributed by atoms with Gasteiger partial charge < -0.3 is 5.32 Å². The van der Waals surface area contributed by atoms with Crippen LogP contribution in [0.5, 0.6) is 0 Å². The molecule has 0 aromatic heterocycles. The second-order valence-electron chi connectivity index (χ2n) is 6.20. The van der Waals surface area contributed by atoms with Crippen LogP contribution in [-0.2, 0) is 11.8 Å². The second kappa shape index (κ2) is 4.41. The summed E-state index contributed by atoms with van der Waals surface area (Å²) >= 11 is 0. The summed E-state index contributed by atoms with van der Waals surface area (Å²) in [5.74, 6) is 0. The first-order valence-electron chi connectivity index (χ1n) is 6.38. The highest BCUT2D eigenvalue weighted by Gasteiger charge is 2.33. The number of benzene rings is 1. The maximum Gasteiger partial charge on any atom is 0.128 e. The lowest BCUT2D eigenvalue weighted by molar-refractivity contribution is 0.190. The topological polar surface area (TPSA) is 12.0 Å². The van der Waals surface area contributed by atoms with E-state index in [9.17, 15) is 4.39 Å². The monoisotopic (exact) mass is 235 g/mol. The number of halogens is 1. The maximum absolute atomic E-state index is 14.3. The van der Waals surface area contributed by atoms with Crippen LogP contribution in [0.3, 0.4) is 0 Å². The lowest BCUT2D eigenvalue weighted by atomic mass is 9.85. The van der Waals surface area contributed by atoms with Crippen molar-refractivity contribution in [3.05, 3.63) is 35.4 Å². The Kier molecular flexibility index (Phi) is 3.26. The van der Waals surface area contributed by atoms with E-state index >= 15 is 0 Å². The Morgan fingerprint density at radius 3 is 2.35 bits per heavy atom. The van der Waals surface area contributed by atoms with Crippen molar-refractivity contribution >= 4 is 0 Å². The molecule has 1 N–H and O–H groups in total. The normalized spacial score (nSPS) is 25.2. The van der Waals surface area contributed by atoms with E-state index in [0.29, 0.717) is 19.4 Å². The van der Waals surface area contributed by atoms with Crippen LogP contribution >= 0.6 is 0 Å². The molecule has 1 heterocycles. The summed E-state index contributed by atoms with van der Waals surface area (Å²) in [6.07, 6.45) is 1.17. The molecular formula is C15H22FN. The van der Waals surface area contributed by atoms with Crippen molar-refractivity contribution in [2.45, 2.75) is 44.7 Å². The van der Waals surface area contributed by atoms with Crippen molar-refractivity contribution < 1.29 is 4.39 Å². The zero-order valence-electron chi connectivity index (χ0n) is 11.0. The lowest BCUT2D eigenvalue weighted by Crippen LogP contribution is -2.28. The van der Waals surface area contributed by atoms with E-state index in [2.05, 4.69) is 50.4 Å². The van der Waals surface area contributed by atoms with E-state index in [1.54, 1.807) is 0 Å². The molecule has 17 heavy (non-hydrogen) atoms. The molecule has 0 aliphatic carbocycles. The van der Waals surface area contributed by atoms with Gasteiger partial charge in [-0.05, 0) is 29.5 Å². The maximum atomic E-state index is 14.3. The van der Waals surface area contributed by atoms with E-state index in [4.69, 9.17) is 0 Å². The fourth-order valence-corrected chi connectivity index (χ4v) is 2.35. The third kappa shape index (κ3) is 3.06.